The molecule has 0 radical (unpaired) electrons. The lowest BCUT2D eigenvalue weighted by Gasteiger charge is -2.08. The molecule has 90 valence electrons. The molecular formula is C16H14O2. The van der Waals surface area contributed by atoms with Crippen molar-refractivity contribution in [2.24, 2.45) is 0 Å². The molecule has 3 rings (SSSR count). The summed E-state index contributed by atoms with van der Waals surface area (Å²) in [6, 6.07) is 11.8. The maximum Gasteiger partial charge on any atom is 0.344 e. The van der Waals surface area contributed by atoms with Crippen LogP contribution in [0.4, 0.5) is 0 Å². The maximum absolute atomic E-state index is 12.0. The summed E-state index contributed by atoms with van der Waals surface area (Å²) in [5.41, 5.74) is 2.64. The van der Waals surface area contributed by atoms with E-state index in [1.807, 2.05) is 37.3 Å². The molecule has 2 nitrogen and oxygen atoms in total. The number of hydrogen-bond donors (Lipinski definition) is 0. The summed E-state index contributed by atoms with van der Waals surface area (Å²) in [7, 11) is 0. The molecule has 3 aromatic rings. The predicted molar refractivity (Wildman–Crippen MR) is 74.1 cm³/mol. The lowest BCUT2D eigenvalue weighted by atomic mass is 9.99. The van der Waals surface area contributed by atoms with E-state index in [1.165, 1.54) is 5.56 Å². The molecule has 0 atom stereocenters. The van der Waals surface area contributed by atoms with E-state index in [0.29, 0.717) is 11.0 Å². The minimum absolute atomic E-state index is 0.248. The summed E-state index contributed by atoms with van der Waals surface area (Å²) in [6.45, 7) is 4.07. The van der Waals surface area contributed by atoms with Crippen LogP contribution in [0.3, 0.4) is 0 Å². The molecule has 1 heterocycles. The molecule has 0 aliphatic heterocycles. The van der Waals surface area contributed by atoms with Gasteiger partial charge < -0.3 is 4.42 Å². The number of rotatable bonds is 1. The second-order valence-electron chi connectivity index (χ2n) is 4.53. The van der Waals surface area contributed by atoms with Crippen molar-refractivity contribution >= 4 is 21.7 Å². The normalized spacial score (nSPS) is 11.2. The Bertz CT molecular complexity index is 797. The van der Waals surface area contributed by atoms with Crippen molar-refractivity contribution in [1.82, 2.24) is 0 Å². The van der Waals surface area contributed by atoms with Crippen LogP contribution >= 0.6 is 0 Å². The first kappa shape index (κ1) is 11.0. The molecule has 18 heavy (non-hydrogen) atoms. The third kappa shape index (κ3) is 1.46. The van der Waals surface area contributed by atoms with Gasteiger partial charge in [-0.2, -0.15) is 0 Å². The minimum Gasteiger partial charge on any atom is -0.422 e. The fourth-order valence-electron chi connectivity index (χ4n) is 2.52. The van der Waals surface area contributed by atoms with Gasteiger partial charge in [0.05, 0.1) is 5.39 Å². The van der Waals surface area contributed by atoms with Crippen molar-refractivity contribution in [1.29, 1.82) is 0 Å². The Balaban J connectivity index is 2.68. The molecule has 0 aliphatic rings. The van der Waals surface area contributed by atoms with Gasteiger partial charge in [-0.3, -0.25) is 0 Å². The molecule has 0 fully saturated rings. The fourth-order valence-corrected chi connectivity index (χ4v) is 2.52. The number of aryl methyl sites for hydroxylation is 2. The van der Waals surface area contributed by atoms with E-state index in [-0.39, 0.29) is 5.63 Å². The fraction of sp³-hybridized carbons (Fsp3) is 0.188. The van der Waals surface area contributed by atoms with Crippen molar-refractivity contribution in [3.05, 3.63) is 57.9 Å². The Morgan fingerprint density at radius 1 is 1.06 bits per heavy atom. The smallest absolute Gasteiger partial charge is 0.344 e. The zero-order valence-corrected chi connectivity index (χ0v) is 10.5. The van der Waals surface area contributed by atoms with Gasteiger partial charge in [-0.15, -0.1) is 0 Å². The van der Waals surface area contributed by atoms with Crippen LogP contribution < -0.4 is 5.63 Å². The Labute approximate surface area is 105 Å². The first-order valence-corrected chi connectivity index (χ1v) is 6.16. The summed E-state index contributed by atoms with van der Waals surface area (Å²) in [6.07, 6.45) is 0.907. The van der Waals surface area contributed by atoms with Crippen LogP contribution in [0, 0.1) is 6.92 Å². The van der Waals surface area contributed by atoms with Gasteiger partial charge in [-0.25, -0.2) is 4.79 Å². The SMILES string of the molecule is CCc1cccc2c(=O)oc3c(C)cccc3c12. The van der Waals surface area contributed by atoms with Gasteiger partial charge in [0.15, 0.2) is 0 Å². The van der Waals surface area contributed by atoms with Crippen LogP contribution in [0.15, 0.2) is 45.6 Å². The average molecular weight is 238 g/mol. The van der Waals surface area contributed by atoms with Crippen LogP contribution in [-0.2, 0) is 6.42 Å². The summed E-state index contributed by atoms with van der Waals surface area (Å²) in [4.78, 5) is 12.0. The monoisotopic (exact) mass is 238 g/mol. The number of para-hydroxylation sites is 1. The molecule has 0 unspecified atom stereocenters. The number of hydrogen-bond acceptors (Lipinski definition) is 2. The summed E-state index contributed by atoms with van der Waals surface area (Å²) >= 11 is 0. The second kappa shape index (κ2) is 3.98. The minimum atomic E-state index is -0.248. The third-order valence-electron chi connectivity index (χ3n) is 3.43. The Morgan fingerprint density at radius 2 is 1.78 bits per heavy atom. The lowest BCUT2D eigenvalue weighted by molar-refractivity contribution is 0.567. The second-order valence-corrected chi connectivity index (χ2v) is 4.53. The van der Waals surface area contributed by atoms with E-state index >= 15 is 0 Å². The third-order valence-corrected chi connectivity index (χ3v) is 3.43. The first-order chi connectivity index (χ1) is 8.72. The molecular weight excluding hydrogens is 224 g/mol. The van der Waals surface area contributed by atoms with Gasteiger partial charge >= 0.3 is 5.63 Å². The van der Waals surface area contributed by atoms with Gasteiger partial charge in [0.2, 0.25) is 0 Å². The van der Waals surface area contributed by atoms with Crippen LogP contribution in [0.25, 0.3) is 21.7 Å². The summed E-state index contributed by atoms with van der Waals surface area (Å²) < 4.78 is 5.45. The largest absolute Gasteiger partial charge is 0.422 e. The molecule has 0 saturated carbocycles. The van der Waals surface area contributed by atoms with Crippen molar-refractivity contribution in [3.8, 4) is 0 Å². The highest BCUT2D eigenvalue weighted by Gasteiger charge is 2.11. The molecule has 2 heteroatoms. The highest BCUT2D eigenvalue weighted by Crippen LogP contribution is 2.27. The zero-order chi connectivity index (χ0) is 12.7. The molecule has 2 aromatic carbocycles. The van der Waals surface area contributed by atoms with Crippen LogP contribution in [-0.4, -0.2) is 0 Å². The highest BCUT2D eigenvalue weighted by molar-refractivity contribution is 6.06. The molecule has 0 saturated heterocycles. The molecule has 0 N–H and O–H groups in total. The van der Waals surface area contributed by atoms with Gasteiger partial charge in [-0.1, -0.05) is 37.3 Å². The summed E-state index contributed by atoms with van der Waals surface area (Å²) in [5.74, 6) is 0. The molecule has 0 aliphatic carbocycles. The van der Waals surface area contributed by atoms with E-state index in [4.69, 9.17) is 4.42 Å². The lowest BCUT2D eigenvalue weighted by Crippen LogP contribution is -2.02. The van der Waals surface area contributed by atoms with Crippen molar-refractivity contribution in [2.75, 3.05) is 0 Å². The van der Waals surface area contributed by atoms with Gasteiger partial charge in [0.25, 0.3) is 0 Å². The van der Waals surface area contributed by atoms with E-state index in [0.717, 1.165) is 22.8 Å². The number of benzene rings is 2. The molecule has 1 aromatic heterocycles. The average Bonchev–Trinajstić information content (AvgIpc) is 2.40. The molecule has 0 amide bonds. The Morgan fingerprint density at radius 3 is 2.56 bits per heavy atom. The Kier molecular flexibility index (Phi) is 2.44. The van der Waals surface area contributed by atoms with Crippen molar-refractivity contribution in [3.63, 3.8) is 0 Å². The maximum atomic E-state index is 12.0. The quantitative estimate of drug-likeness (QED) is 0.476. The van der Waals surface area contributed by atoms with Crippen LogP contribution in [0.2, 0.25) is 0 Å². The van der Waals surface area contributed by atoms with E-state index in [9.17, 15) is 4.79 Å². The highest BCUT2D eigenvalue weighted by atomic mass is 16.4. The standard InChI is InChI=1S/C16H14O2/c1-3-11-7-5-9-13-14(11)12-8-4-6-10(2)15(12)18-16(13)17/h4-9H,3H2,1-2H3. The van der Waals surface area contributed by atoms with Crippen molar-refractivity contribution in [2.45, 2.75) is 20.3 Å². The van der Waals surface area contributed by atoms with E-state index in [2.05, 4.69) is 13.0 Å². The summed E-state index contributed by atoms with van der Waals surface area (Å²) in [5, 5.41) is 2.74. The topological polar surface area (TPSA) is 30.2 Å². The van der Waals surface area contributed by atoms with Gasteiger partial charge in [0, 0.05) is 10.8 Å². The van der Waals surface area contributed by atoms with E-state index < -0.39 is 0 Å². The Hall–Kier alpha value is -2.09. The predicted octanol–water partition coefficient (Wildman–Crippen LogP) is 3.82. The zero-order valence-electron chi connectivity index (χ0n) is 10.5. The molecule has 0 spiro atoms. The molecule has 0 bridgehead atoms. The number of fused-ring (bicyclic) bond motifs is 3. The first-order valence-electron chi connectivity index (χ1n) is 6.16. The van der Waals surface area contributed by atoms with Crippen LogP contribution in [0.5, 0.6) is 0 Å². The van der Waals surface area contributed by atoms with E-state index in [1.54, 1.807) is 0 Å². The van der Waals surface area contributed by atoms with Crippen LogP contribution in [0.1, 0.15) is 18.1 Å². The van der Waals surface area contributed by atoms with Gasteiger partial charge in [0.1, 0.15) is 5.58 Å². The van der Waals surface area contributed by atoms with Crippen molar-refractivity contribution < 1.29 is 4.42 Å². The van der Waals surface area contributed by atoms with Gasteiger partial charge in [-0.05, 0) is 30.5 Å².